The van der Waals surface area contributed by atoms with Gasteiger partial charge in [-0.1, -0.05) is 26.0 Å². The van der Waals surface area contributed by atoms with Gasteiger partial charge in [-0.25, -0.2) is 21.6 Å². The van der Waals surface area contributed by atoms with Crippen LogP contribution in [0, 0.1) is 17.5 Å². The highest BCUT2D eigenvalue weighted by molar-refractivity contribution is 7.89. The first-order chi connectivity index (χ1) is 16.4. The minimum absolute atomic E-state index is 0.00429. The van der Waals surface area contributed by atoms with Crippen molar-refractivity contribution in [1.29, 1.82) is 0 Å². The van der Waals surface area contributed by atoms with Gasteiger partial charge in [-0.15, -0.1) is 0 Å². The summed E-state index contributed by atoms with van der Waals surface area (Å²) < 4.78 is 69.6. The summed E-state index contributed by atoms with van der Waals surface area (Å²) in [6, 6.07) is 6.37. The molecule has 0 saturated carbocycles. The first-order valence-corrected chi connectivity index (χ1v) is 12.2. The number of rotatable bonds is 6. The van der Waals surface area contributed by atoms with Gasteiger partial charge in [0.05, 0.1) is 10.5 Å². The molecule has 8 nitrogen and oxygen atoms in total. The molecule has 4 rings (SSSR count). The Morgan fingerprint density at radius 1 is 1.17 bits per heavy atom. The molecule has 3 N–H and O–H groups in total. The van der Waals surface area contributed by atoms with Gasteiger partial charge >= 0.3 is 0 Å². The number of aromatic nitrogens is 2. The van der Waals surface area contributed by atoms with Crippen molar-refractivity contribution >= 4 is 21.7 Å². The van der Waals surface area contributed by atoms with Crippen molar-refractivity contribution in [1.82, 2.24) is 19.8 Å². The Morgan fingerprint density at radius 3 is 2.51 bits per heavy atom. The number of benzene rings is 2. The van der Waals surface area contributed by atoms with Crippen molar-refractivity contribution < 1.29 is 26.4 Å². The van der Waals surface area contributed by atoms with Crippen LogP contribution < -0.4 is 10.6 Å². The van der Waals surface area contributed by atoms with E-state index in [9.17, 15) is 26.4 Å². The van der Waals surface area contributed by atoms with E-state index in [0.717, 1.165) is 16.4 Å². The molecule has 0 saturated heterocycles. The number of amides is 1. The molecular formula is C23H24F3N5O3S. The fourth-order valence-corrected chi connectivity index (χ4v) is 5.87. The Balaban J connectivity index is 1.70. The zero-order valence-corrected chi connectivity index (χ0v) is 20.1. The van der Waals surface area contributed by atoms with Crippen LogP contribution in [0.3, 0.4) is 0 Å². The Hall–Kier alpha value is -3.22. The standard InChI is InChI=1S/C23H24F3N5O3S/c1-23(2)12-31(35(33,34)16-8-14(24)7-15(25)9-16)11-17-20(23)29-30-21(17)28-22(32)19-13(10-27-3)5-4-6-18(19)26/h4-9,27H,10-12H2,1-3H3,(H2,28,29,30,32). The fourth-order valence-electron chi connectivity index (χ4n) is 4.26. The average molecular weight is 508 g/mol. The molecule has 2 aromatic carbocycles. The van der Waals surface area contributed by atoms with Crippen LogP contribution in [-0.4, -0.2) is 42.4 Å². The second-order valence-electron chi connectivity index (χ2n) is 8.95. The van der Waals surface area contributed by atoms with Gasteiger partial charge in [0.15, 0.2) is 5.82 Å². The van der Waals surface area contributed by atoms with Gasteiger partial charge in [0.25, 0.3) is 5.91 Å². The second kappa shape index (κ2) is 9.10. The average Bonchev–Trinajstić information content (AvgIpc) is 3.16. The Bertz CT molecular complexity index is 1390. The van der Waals surface area contributed by atoms with E-state index in [1.165, 1.54) is 12.1 Å². The number of aromatic amines is 1. The monoisotopic (exact) mass is 507 g/mol. The summed E-state index contributed by atoms with van der Waals surface area (Å²) in [5.41, 5.74) is 0.466. The van der Waals surface area contributed by atoms with E-state index in [1.54, 1.807) is 27.0 Å². The molecule has 2 heterocycles. The molecule has 1 aliphatic heterocycles. The van der Waals surface area contributed by atoms with Gasteiger partial charge in [0.1, 0.15) is 17.5 Å². The number of halogens is 3. The molecule has 0 bridgehead atoms. The molecule has 1 aromatic heterocycles. The number of carbonyl (C=O) groups excluding carboxylic acids is 1. The fraction of sp³-hybridized carbons (Fsp3) is 0.304. The van der Waals surface area contributed by atoms with E-state index < -0.39 is 43.7 Å². The minimum atomic E-state index is -4.29. The molecule has 0 fully saturated rings. The van der Waals surface area contributed by atoms with Crippen LogP contribution in [0.15, 0.2) is 41.3 Å². The molecule has 0 spiro atoms. The normalized spacial score (nSPS) is 15.6. The lowest BCUT2D eigenvalue weighted by atomic mass is 9.84. The molecule has 0 aliphatic carbocycles. The van der Waals surface area contributed by atoms with Crippen LogP contribution in [0.2, 0.25) is 0 Å². The molecule has 12 heteroatoms. The molecular weight excluding hydrogens is 483 g/mol. The number of H-pyrrole nitrogens is 1. The minimum Gasteiger partial charge on any atom is -0.316 e. The predicted molar refractivity (Wildman–Crippen MR) is 123 cm³/mol. The molecule has 0 atom stereocenters. The quantitative estimate of drug-likeness (QED) is 0.475. The number of nitrogens with one attached hydrogen (secondary N) is 3. The van der Waals surface area contributed by atoms with Crippen LogP contribution in [0.25, 0.3) is 0 Å². The zero-order valence-electron chi connectivity index (χ0n) is 19.2. The van der Waals surface area contributed by atoms with Crippen LogP contribution in [0.5, 0.6) is 0 Å². The summed E-state index contributed by atoms with van der Waals surface area (Å²) in [4.78, 5) is 12.5. The Morgan fingerprint density at radius 2 is 1.86 bits per heavy atom. The maximum absolute atomic E-state index is 14.5. The highest BCUT2D eigenvalue weighted by Crippen LogP contribution is 2.38. The van der Waals surface area contributed by atoms with E-state index >= 15 is 0 Å². The number of sulfonamides is 1. The van der Waals surface area contributed by atoms with E-state index in [1.807, 2.05) is 0 Å². The molecule has 0 unspecified atom stereocenters. The van der Waals surface area contributed by atoms with Crippen molar-refractivity contribution in [3.63, 3.8) is 0 Å². The summed E-state index contributed by atoms with van der Waals surface area (Å²) in [5.74, 6) is -3.44. The summed E-state index contributed by atoms with van der Waals surface area (Å²) in [6.45, 7) is 3.57. The van der Waals surface area contributed by atoms with Crippen molar-refractivity contribution in [3.05, 3.63) is 76.2 Å². The van der Waals surface area contributed by atoms with Crippen molar-refractivity contribution in [2.75, 3.05) is 18.9 Å². The first kappa shape index (κ1) is 24.9. The van der Waals surface area contributed by atoms with Gasteiger partial charge in [-0.3, -0.25) is 9.89 Å². The Kier molecular flexibility index (Phi) is 6.47. The predicted octanol–water partition coefficient (Wildman–Crippen LogP) is 3.28. The number of carbonyl (C=O) groups is 1. The SMILES string of the molecule is CNCc1cccc(F)c1C(=O)Nc1n[nH]c2c1CN(S(=O)(=O)c1cc(F)cc(F)c1)CC2(C)C. The number of nitrogens with zero attached hydrogens (tertiary/aromatic N) is 2. The highest BCUT2D eigenvalue weighted by atomic mass is 32.2. The summed E-state index contributed by atoms with van der Waals surface area (Å²) in [7, 11) is -2.62. The van der Waals surface area contributed by atoms with E-state index in [2.05, 4.69) is 20.8 Å². The zero-order chi connectivity index (χ0) is 25.5. The molecule has 0 radical (unpaired) electrons. The third-order valence-corrected chi connectivity index (χ3v) is 7.62. The van der Waals surface area contributed by atoms with Gasteiger partial charge in [0, 0.05) is 42.4 Å². The highest BCUT2D eigenvalue weighted by Gasteiger charge is 2.41. The summed E-state index contributed by atoms with van der Waals surface area (Å²) in [5, 5.41) is 12.5. The Labute approximate surface area is 200 Å². The lowest BCUT2D eigenvalue weighted by molar-refractivity contribution is 0.102. The number of hydrogen-bond donors (Lipinski definition) is 3. The van der Waals surface area contributed by atoms with Crippen molar-refractivity contribution in [2.24, 2.45) is 0 Å². The summed E-state index contributed by atoms with van der Waals surface area (Å²) >= 11 is 0. The number of hydrogen-bond acceptors (Lipinski definition) is 5. The van der Waals surface area contributed by atoms with Crippen LogP contribution >= 0.6 is 0 Å². The third kappa shape index (κ3) is 4.68. The molecule has 3 aromatic rings. The number of fused-ring (bicyclic) bond motifs is 1. The second-order valence-corrected chi connectivity index (χ2v) is 10.9. The third-order valence-electron chi connectivity index (χ3n) is 5.85. The van der Waals surface area contributed by atoms with Crippen LogP contribution in [0.4, 0.5) is 19.0 Å². The van der Waals surface area contributed by atoms with Gasteiger partial charge in [0.2, 0.25) is 10.0 Å². The largest absolute Gasteiger partial charge is 0.316 e. The number of anilines is 1. The molecule has 186 valence electrons. The van der Waals surface area contributed by atoms with E-state index in [4.69, 9.17) is 0 Å². The first-order valence-electron chi connectivity index (χ1n) is 10.7. The van der Waals surface area contributed by atoms with E-state index in [-0.39, 0.29) is 31.0 Å². The maximum Gasteiger partial charge on any atom is 0.260 e. The van der Waals surface area contributed by atoms with Crippen LogP contribution in [0.1, 0.15) is 41.0 Å². The molecule has 35 heavy (non-hydrogen) atoms. The summed E-state index contributed by atoms with van der Waals surface area (Å²) in [6.07, 6.45) is 0. The van der Waals surface area contributed by atoms with Crippen molar-refractivity contribution in [2.45, 2.75) is 37.2 Å². The topological polar surface area (TPSA) is 107 Å². The molecule has 1 aliphatic rings. The smallest absolute Gasteiger partial charge is 0.260 e. The maximum atomic E-state index is 14.5. The van der Waals surface area contributed by atoms with Crippen molar-refractivity contribution in [3.8, 4) is 0 Å². The van der Waals surface area contributed by atoms with Gasteiger partial charge in [-0.2, -0.15) is 9.40 Å². The van der Waals surface area contributed by atoms with Gasteiger partial charge < -0.3 is 10.6 Å². The lowest BCUT2D eigenvalue weighted by Gasteiger charge is -2.36. The van der Waals surface area contributed by atoms with E-state index in [0.29, 0.717) is 22.9 Å². The van der Waals surface area contributed by atoms with Crippen LogP contribution in [-0.2, 0) is 28.5 Å². The van der Waals surface area contributed by atoms with Gasteiger partial charge in [-0.05, 0) is 30.8 Å². The lowest BCUT2D eigenvalue weighted by Crippen LogP contribution is -2.45. The molecule has 1 amide bonds.